The van der Waals surface area contributed by atoms with Crippen LogP contribution in [0.15, 0.2) is 67.3 Å². The second kappa shape index (κ2) is 6.64. The number of fused-ring (bicyclic) bond motifs is 1. The van der Waals surface area contributed by atoms with E-state index in [4.69, 9.17) is 0 Å². The normalized spacial score (nSPS) is 22.8. The molecule has 0 N–H and O–H groups in total. The molecule has 0 aromatic heterocycles. The Kier molecular flexibility index (Phi) is 4.59. The predicted octanol–water partition coefficient (Wildman–Crippen LogP) is 3.94. The number of allylic oxidation sites excluding steroid dienone is 6. The summed E-state index contributed by atoms with van der Waals surface area (Å²) < 4.78 is 0. The van der Waals surface area contributed by atoms with E-state index in [1.165, 1.54) is 13.8 Å². The Bertz CT molecular complexity index is 1080. The number of carbonyl (C=O) groups is 4. The first-order chi connectivity index (χ1) is 13.1. The highest BCUT2D eigenvalue weighted by Crippen LogP contribution is 2.39. The molecule has 4 heteroatoms. The third-order valence-corrected chi connectivity index (χ3v) is 5.33. The van der Waals surface area contributed by atoms with Crippen LogP contribution in [-0.4, -0.2) is 23.1 Å². The van der Waals surface area contributed by atoms with Gasteiger partial charge in [-0.1, -0.05) is 38.4 Å². The molecule has 1 fully saturated rings. The lowest BCUT2D eigenvalue weighted by atomic mass is 9.97. The van der Waals surface area contributed by atoms with Gasteiger partial charge in [-0.3, -0.25) is 19.2 Å². The molecule has 1 aromatic rings. The molecule has 1 saturated carbocycles. The summed E-state index contributed by atoms with van der Waals surface area (Å²) in [5.41, 5.74) is 3.83. The number of rotatable bonds is 4. The largest absolute Gasteiger partial charge is 0.299 e. The van der Waals surface area contributed by atoms with E-state index in [1.807, 2.05) is 0 Å². The van der Waals surface area contributed by atoms with Crippen LogP contribution in [0.25, 0.3) is 11.1 Å². The Hall–Kier alpha value is -3.40. The van der Waals surface area contributed by atoms with E-state index in [2.05, 4.69) is 26.3 Å². The number of ketones is 4. The molecule has 0 aliphatic heterocycles. The average molecular weight is 372 g/mol. The van der Waals surface area contributed by atoms with E-state index < -0.39 is 11.8 Å². The van der Waals surface area contributed by atoms with Crippen LogP contribution in [0.5, 0.6) is 0 Å². The van der Waals surface area contributed by atoms with Gasteiger partial charge < -0.3 is 0 Å². The Morgan fingerprint density at radius 2 is 1.46 bits per heavy atom. The van der Waals surface area contributed by atoms with Gasteiger partial charge in [-0.15, -0.1) is 0 Å². The second-order valence-corrected chi connectivity index (χ2v) is 7.19. The zero-order valence-electron chi connectivity index (χ0n) is 15.9. The van der Waals surface area contributed by atoms with Gasteiger partial charge in [-0.25, -0.2) is 0 Å². The van der Waals surface area contributed by atoms with Crippen molar-refractivity contribution >= 4 is 34.3 Å². The maximum atomic E-state index is 12.6. The Morgan fingerprint density at radius 3 is 2.00 bits per heavy atom. The fraction of sp³-hybridized carbons (Fsp3) is 0.167. The van der Waals surface area contributed by atoms with Crippen molar-refractivity contribution in [1.29, 1.82) is 0 Å². The van der Waals surface area contributed by atoms with Gasteiger partial charge in [0.05, 0.1) is 0 Å². The second-order valence-electron chi connectivity index (χ2n) is 7.19. The third kappa shape index (κ3) is 2.78. The monoisotopic (exact) mass is 372 g/mol. The van der Waals surface area contributed by atoms with Gasteiger partial charge in [0, 0.05) is 11.1 Å². The van der Waals surface area contributed by atoms with E-state index >= 15 is 0 Å². The molecule has 2 aliphatic carbocycles. The highest BCUT2D eigenvalue weighted by molar-refractivity contribution is 6.24. The first-order valence-corrected chi connectivity index (χ1v) is 8.78. The summed E-state index contributed by atoms with van der Waals surface area (Å²) in [6, 6.07) is 5.16. The summed E-state index contributed by atoms with van der Waals surface area (Å²) in [7, 11) is 0. The molecule has 2 atom stereocenters. The zero-order valence-corrected chi connectivity index (χ0v) is 15.9. The first kappa shape index (κ1) is 19.4. The molecular formula is C24H20O4. The van der Waals surface area contributed by atoms with Gasteiger partial charge in [-0.2, -0.15) is 0 Å². The maximum Gasteiger partial charge on any atom is 0.178 e. The molecular weight excluding hydrogens is 352 g/mol. The Balaban J connectivity index is 1.98. The minimum Gasteiger partial charge on any atom is -0.299 e. The summed E-state index contributed by atoms with van der Waals surface area (Å²) in [5.74, 6) is -2.87. The highest BCUT2D eigenvalue weighted by atomic mass is 16.2. The van der Waals surface area contributed by atoms with Gasteiger partial charge in [0.2, 0.25) is 0 Å². The molecule has 0 spiro atoms. The quantitative estimate of drug-likeness (QED) is 0.593. The van der Waals surface area contributed by atoms with E-state index in [1.54, 1.807) is 24.3 Å². The summed E-state index contributed by atoms with van der Waals surface area (Å²) in [6.45, 7) is 18.3. The number of Topliss-reactive ketones (excluding diaryl/α,β-unsaturated/α-hetero) is 4. The molecule has 0 saturated heterocycles. The van der Waals surface area contributed by atoms with Crippen molar-refractivity contribution < 1.29 is 19.2 Å². The lowest BCUT2D eigenvalue weighted by molar-refractivity contribution is -0.127. The summed E-state index contributed by atoms with van der Waals surface area (Å²) in [4.78, 5) is 48.7. The van der Waals surface area contributed by atoms with Gasteiger partial charge in [0.25, 0.3) is 0 Å². The minimum absolute atomic E-state index is 0.240. The summed E-state index contributed by atoms with van der Waals surface area (Å²) in [6.07, 6.45) is 1.57. The topological polar surface area (TPSA) is 68.3 Å². The molecule has 140 valence electrons. The molecule has 0 bridgehead atoms. The van der Waals surface area contributed by atoms with Crippen LogP contribution < -0.4 is 0 Å². The van der Waals surface area contributed by atoms with Crippen molar-refractivity contribution in [2.45, 2.75) is 13.8 Å². The van der Waals surface area contributed by atoms with Crippen LogP contribution in [0.4, 0.5) is 0 Å². The van der Waals surface area contributed by atoms with Crippen molar-refractivity contribution in [2.24, 2.45) is 11.8 Å². The van der Waals surface area contributed by atoms with Crippen LogP contribution >= 0.6 is 0 Å². The lowest BCUT2D eigenvalue weighted by Crippen LogP contribution is -2.17. The predicted molar refractivity (Wildman–Crippen MR) is 109 cm³/mol. The maximum absolute atomic E-state index is 12.6. The zero-order chi connectivity index (χ0) is 20.9. The molecule has 2 unspecified atom stereocenters. The fourth-order valence-corrected chi connectivity index (χ4v) is 3.78. The van der Waals surface area contributed by atoms with Crippen molar-refractivity contribution in [3.8, 4) is 0 Å². The molecule has 2 aliphatic rings. The van der Waals surface area contributed by atoms with E-state index in [9.17, 15) is 19.2 Å². The Morgan fingerprint density at radius 1 is 0.893 bits per heavy atom. The van der Waals surface area contributed by atoms with Crippen molar-refractivity contribution in [2.75, 3.05) is 0 Å². The SMILES string of the molecule is C=C1C(=C)C(C(C)=O)C(=O)/C1=C/C(=C)c1ccc2c(c1)C(=O)C(C(C)=O)C2=C. The molecule has 3 rings (SSSR count). The highest BCUT2D eigenvalue weighted by Gasteiger charge is 2.39. The first-order valence-electron chi connectivity index (χ1n) is 8.78. The summed E-state index contributed by atoms with van der Waals surface area (Å²) >= 11 is 0. The standard InChI is InChI=1S/C24H20O4/c1-11(9-19-12(2)13(3)21(15(5)25)23(19)27)17-7-8-18-14(4)22(16(6)26)24(28)20(18)10-17/h7-10,21-22H,1-4H2,5-6H3/b19-9+. The van der Waals surface area contributed by atoms with Crippen LogP contribution in [0.3, 0.4) is 0 Å². The van der Waals surface area contributed by atoms with Crippen molar-refractivity contribution in [3.63, 3.8) is 0 Å². The smallest absolute Gasteiger partial charge is 0.178 e. The van der Waals surface area contributed by atoms with Crippen LogP contribution in [0.2, 0.25) is 0 Å². The van der Waals surface area contributed by atoms with E-state index in [0.29, 0.717) is 44.6 Å². The molecule has 0 amide bonds. The van der Waals surface area contributed by atoms with Crippen molar-refractivity contribution in [3.05, 3.63) is 84.0 Å². The molecule has 0 heterocycles. The molecule has 28 heavy (non-hydrogen) atoms. The number of hydrogen-bond acceptors (Lipinski definition) is 4. The number of carbonyl (C=O) groups excluding carboxylic acids is 4. The van der Waals surface area contributed by atoms with Crippen molar-refractivity contribution in [1.82, 2.24) is 0 Å². The fourth-order valence-electron chi connectivity index (χ4n) is 3.78. The average Bonchev–Trinajstić information content (AvgIpc) is 2.99. The summed E-state index contributed by atoms with van der Waals surface area (Å²) in [5, 5.41) is 0. The molecule has 4 nitrogen and oxygen atoms in total. The van der Waals surface area contributed by atoms with Crippen LogP contribution in [0.1, 0.15) is 35.3 Å². The van der Waals surface area contributed by atoms with Crippen LogP contribution in [-0.2, 0) is 14.4 Å². The lowest BCUT2D eigenvalue weighted by Gasteiger charge is -2.06. The number of hydrogen-bond donors (Lipinski definition) is 0. The van der Waals surface area contributed by atoms with Gasteiger partial charge in [-0.05, 0) is 59.4 Å². The molecule has 0 radical (unpaired) electrons. The molecule has 1 aromatic carbocycles. The van der Waals surface area contributed by atoms with Crippen LogP contribution in [0, 0.1) is 11.8 Å². The Labute approximate surface area is 163 Å². The third-order valence-electron chi connectivity index (χ3n) is 5.33. The van der Waals surface area contributed by atoms with Gasteiger partial charge in [0.1, 0.15) is 23.4 Å². The van der Waals surface area contributed by atoms with E-state index in [0.717, 1.165) is 0 Å². The van der Waals surface area contributed by atoms with Gasteiger partial charge >= 0.3 is 0 Å². The minimum atomic E-state index is -0.896. The van der Waals surface area contributed by atoms with E-state index in [-0.39, 0.29) is 23.1 Å². The number of benzene rings is 1. The van der Waals surface area contributed by atoms with Gasteiger partial charge in [0.15, 0.2) is 11.6 Å².